The van der Waals surface area contributed by atoms with Gasteiger partial charge in [-0.3, -0.25) is 24.1 Å². The Kier molecular flexibility index (Phi) is 12.6. The Balaban J connectivity index is 1.83. The second-order valence-electron chi connectivity index (χ2n) is 7.53. The van der Waals surface area contributed by atoms with Crippen LogP contribution < -0.4 is 11.1 Å². The number of hydrogen-bond acceptors (Lipinski definition) is 5. The van der Waals surface area contributed by atoms with E-state index < -0.39 is 12.0 Å². The van der Waals surface area contributed by atoms with Crippen molar-refractivity contribution in [1.82, 2.24) is 10.2 Å². The standard InChI is InChI=1S/C21H35N3O5/c22-17(21(28)29)11-8-9-15-23-18(25)12-7-5-3-1-2-4-6-10-16-24-19(26)13-14-20(24)27/h13-14,17H,1-12,15-16,22H2,(H,23,25)(H,28,29). The molecule has 0 saturated carbocycles. The molecule has 0 radical (unpaired) electrons. The van der Waals surface area contributed by atoms with E-state index in [9.17, 15) is 19.2 Å². The molecule has 4 N–H and O–H groups in total. The van der Waals surface area contributed by atoms with Crippen LogP contribution in [0, 0.1) is 0 Å². The van der Waals surface area contributed by atoms with Gasteiger partial charge in [0, 0.05) is 31.7 Å². The van der Waals surface area contributed by atoms with E-state index in [4.69, 9.17) is 10.8 Å². The van der Waals surface area contributed by atoms with Gasteiger partial charge < -0.3 is 16.2 Å². The molecule has 8 nitrogen and oxygen atoms in total. The second-order valence-corrected chi connectivity index (χ2v) is 7.53. The third-order valence-electron chi connectivity index (χ3n) is 5.02. The van der Waals surface area contributed by atoms with Crippen molar-refractivity contribution in [3.8, 4) is 0 Å². The number of amides is 3. The van der Waals surface area contributed by atoms with Gasteiger partial charge in [-0.2, -0.15) is 0 Å². The molecule has 1 rings (SSSR count). The number of aliphatic carboxylic acids is 1. The zero-order valence-corrected chi connectivity index (χ0v) is 17.2. The minimum absolute atomic E-state index is 0.0491. The number of rotatable bonds is 17. The summed E-state index contributed by atoms with van der Waals surface area (Å²) >= 11 is 0. The van der Waals surface area contributed by atoms with Crippen molar-refractivity contribution >= 4 is 23.7 Å². The van der Waals surface area contributed by atoms with E-state index in [1.807, 2.05) is 0 Å². The van der Waals surface area contributed by atoms with E-state index in [0.717, 1.165) is 57.8 Å². The van der Waals surface area contributed by atoms with Crippen molar-refractivity contribution in [3.05, 3.63) is 12.2 Å². The minimum Gasteiger partial charge on any atom is -0.480 e. The molecule has 0 aromatic heterocycles. The van der Waals surface area contributed by atoms with Crippen molar-refractivity contribution in [3.63, 3.8) is 0 Å². The first-order chi connectivity index (χ1) is 13.9. The van der Waals surface area contributed by atoms with Crippen LogP contribution >= 0.6 is 0 Å². The maximum Gasteiger partial charge on any atom is 0.320 e. The van der Waals surface area contributed by atoms with Crippen LogP contribution in [0.2, 0.25) is 0 Å². The fraction of sp³-hybridized carbons (Fsp3) is 0.714. The first-order valence-electron chi connectivity index (χ1n) is 10.7. The summed E-state index contributed by atoms with van der Waals surface area (Å²) in [6, 6.07) is -0.818. The number of carbonyl (C=O) groups excluding carboxylic acids is 3. The molecule has 8 heteroatoms. The summed E-state index contributed by atoms with van der Waals surface area (Å²) in [5.41, 5.74) is 5.42. The van der Waals surface area contributed by atoms with Gasteiger partial charge in [-0.15, -0.1) is 0 Å². The van der Waals surface area contributed by atoms with Gasteiger partial charge in [-0.1, -0.05) is 38.5 Å². The van der Waals surface area contributed by atoms with Gasteiger partial charge in [-0.25, -0.2) is 0 Å². The van der Waals surface area contributed by atoms with E-state index in [0.29, 0.717) is 32.4 Å². The zero-order valence-electron chi connectivity index (χ0n) is 17.2. The summed E-state index contributed by atoms with van der Waals surface area (Å²) < 4.78 is 0. The highest BCUT2D eigenvalue weighted by atomic mass is 16.4. The highest BCUT2D eigenvalue weighted by Gasteiger charge is 2.22. The molecule has 3 amide bonds. The number of hydrogen-bond donors (Lipinski definition) is 3. The first-order valence-corrected chi connectivity index (χ1v) is 10.7. The van der Waals surface area contributed by atoms with Gasteiger partial charge in [0.1, 0.15) is 6.04 Å². The predicted molar refractivity (Wildman–Crippen MR) is 110 cm³/mol. The molecular weight excluding hydrogens is 374 g/mol. The third kappa shape index (κ3) is 11.4. The molecule has 1 aliphatic heterocycles. The van der Waals surface area contributed by atoms with Crippen LogP contribution in [0.5, 0.6) is 0 Å². The van der Waals surface area contributed by atoms with Gasteiger partial charge in [0.05, 0.1) is 0 Å². The Hall–Kier alpha value is -2.22. The van der Waals surface area contributed by atoms with Crippen molar-refractivity contribution in [1.29, 1.82) is 0 Å². The quantitative estimate of drug-likeness (QED) is 0.249. The number of carboxylic acid groups (broad SMARTS) is 1. The summed E-state index contributed by atoms with van der Waals surface area (Å²) in [5.74, 6) is -1.35. The van der Waals surface area contributed by atoms with Gasteiger partial charge in [0.15, 0.2) is 0 Å². The molecule has 1 unspecified atom stereocenters. The third-order valence-corrected chi connectivity index (χ3v) is 5.02. The maximum absolute atomic E-state index is 11.7. The molecular formula is C21H35N3O5. The van der Waals surface area contributed by atoms with Crippen LogP contribution in [0.15, 0.2) is 12.2 Å². The number of unbranched alkanes of at least 4 members (excludes halogenated alkanes) is 8. The Morgan fingerprint density at radius 3 is 2.03 bits per heavy atom. The Labute approximate surface area is 172 Å². The van der Waals surface area contributed by atoms with E-state index in [1.165, 1.54) is 17.1 Å². The predicted octanol–water partition coefficient (Wildman–Crippen LogP) is 2.12. The van der Waals surface area contributed by atoms with Crippen molar-refractivity contribution < 1.29 is 24.3 Å². The van der Waals surface area contributed by atoms with Gasteiger partial charge >= 0.3 is 5.97 Å². The number of nitrogens with one attached hydrogen (secondary N) is 1. The van der Waals surface area contributed by atoms with Gasteiger partial charge in [-0.05, 0) is 32.1 Å². The van der Waals surface area contributed by atoms with Crippen molar-refractivity contribution in [2.75, 3.05) is 13.1 Å². The molecule has 0 spiro atoms. The number of nitrogens with two attached hydrogens (primary N) is 1. The smallest absolute Gasteiger partial charge is 0.320 e. The highest BCUT2D eigenvalue weighted by Crippen LogP contribution is 2.11. The van der Waals surface area contributed by atoms with Crippen LogP contribution in [0.3, 0.4) is 0 Å². The van der Waals surface area contributed by atoms with Crippen LogP contribution in [0.25, 0.3) is 0 Å². The monoisotopic (exact) mass is 409 g/mol. The van der Waals surface area contributed by atoms with Crippen LogP contribution in [-0.2, 0) is 19.2 Å². The van der Waals surface area contributed by atoms with Crippen molar-refractivity contribution in [2.45, 2.75) is 83.1 Å². The lowest BCUT2D eigenvalue weighted by Gasteiger charge is -2.13. The number of carbonyl (C=O) groups is 4. The fourth-order valence-electron chi connectivity index (χ4n) is 3.20. The summed E-state index contributed by atoms with van der Waals surface area (Å²) in [6.07, 6.45) is 13.3. The second kappa shape index (κ2) is 14.7. The molecule has 0 aromatic rings. The van der Waals surface area contributed by atoms with Gasteiger partial charge in [0.2, 0.25) is 5.91 Å². The van der Waals surface area contributed by atoms with E-state index in [-0.39, 0.29) is 17.7 Å². The van der Waals surface area contributed by atoms with Crippen molar-refractivity contribution in [2.24, 2.45) is 5.73 Å². The Morgan fingerprint density at radius 2 is 1.45 bits per heavy atom. The lowest BCUT2D eigenvalue weighted by Crippen LogP contribution is -2.30. The van der Waals surface area contributed by atoms with Crippen LogP contribution in [-0.4, -0.2) is 52.8 Å². The average Bonchev–Trinajstić information content (AvgIpc) is 3.00. The normalized spacial score (nSPS) is 14.4. The molecule has 0 saturated heterocycles. The molecule has 0 aliphatic carbocycles. The largest absolute Gasteiger partial charge is 0.480 e. The van der Waals surface area contributed by atoms with Crippen LogP contribution in [0.4, 0.5) is 0 Å². The SMILES string of the molecule is NC(CCCCNC(=O)CCCCCCCCCCN1C(=O)C=CC1=O)C(=O)O. The van der Waals surface area contributed by atoms with Gasteiger partial charge in [0.25, 0.3) is 11.8 Å². The maximum atomic E-state index is 11.7. The summed E-state index contributed by atoms with van der Waals surface area (Å²) in [4.78, 5) is 46.4. The van der Waals surface area contributed by atoms with E-state index in [1.54, 1.807) is 0 Å². The zero-order chi connectivity index (χ0) is 21.5. The molecule has 1 aliphatic rings. The number of nitrogens with zero attached hydrogens (tertiary/aromatic N) is 1. The van der Waals surface area contributed by atoms with E-state index in [2.05, 4.69) is 5.32 Å². The highest BCUT2D eigenvalue weighted by molar-refractivity contribution is 6.12. The van der Waals surface area contributed by atoms with E-state index >= 15 is 0 Å². The topological polar surface area (TPSA) is 130 Å². The molecule has 0 bridgehead atoms. The summed E-state index contributed by atoms with van der Waals surface area (Å²) in [5, 5.41) is 11.5. The minimum atomic E-state index is -0.985. The molecule has 0 aromatic carbocycles. The fourth-order valence-corrected chi connectivity index (χ4v) is 3.20. The first kappa shape index (κ1) is 24.8. The number of carboxylic acids is 1. The molecule has 29 heavy (non-hydrogen) atoms. The number of imide groups is 1. The molecule has 1 heterocycles. The Morgan fingerprint density at radius 1 is 0.897 bits per heavy atom. The molecule has 164 valence electrons. The summed E-state index contributed by atoms with van der Waals surface area (Å²) in [6.45, 7) is 1.07. The molecule has 0 fully saturated rings. The molecule has 1 atom stereocenters. The Bertz CT molecular complexity index is 559. The summed E-state index contributed by atoms with van der Waals surface area (Å²) in [7, 11) is 0. The lowest BCUT2D eigenvalue weighted by atomic mass is 10.1. The average molecular weight is 410 g/mol. The van der Waals surface area contributed by atoms with Crippen LogP contribution in [0.1, 0.15) is 77.0 Å². The lowest BCUT2D eigenvalue weighted by molar-refractivity contribution is -0.139.